The number of halogens is 1. The van der Waals surface area contributed by atoms with E-state index in [1.807, 2.05) is 0 Å². The molecule has 0 saturated carbocycles. The highest BCUT2D eigenvalue weighted by Gasteiger charge is 2.36. The van der Waals surface area contributed by atoms with Crippen LogP contribution in [0.5, 0.6) is 5.75 Å². The molecule has 0 aliphatic carbocycles. The molecule has 0 N–H and O–H groups in total. The Morgan fingerprint density at radius 3 is 2.70 bits per heavy atom. The summed E-state index contributed by atoms with van der Waals surface area (Å²) in [6.07, 6.45) is 1.58. The number of nitro groups is 1. The average molecular weight is 449 g/mol. The topological polar surface area (TPSA) is 89.8 Å². The summed E-state index contributed by atoms with van der Waals surface area (Å²) in [4.78, 5) is 36.8. The summed E-state index contributed by atoms with van der Waals surface area (Å²) in [7, 11) is 1.51. The Morgan fingerprint density at radius 1 is 1.26 bits per heavy atom. The molecule has 0 unspecified atom stereocenters. The first-order valence-corrected chi connectivity index (χ1v) is 9.33. The van der Waals surface area contributed by atoms with E-state index in [1.54, 1.807) is 30.3 Å². The lowest BCUT2D eigenvalue weighted by Crippen LogP contribution is -2.27. The summed E-state index contributed by atoms with van der Waals surface area (Å²) < 4.78 is 6.08. The summed E-state index contributed by atoms with van der Waals surface area (Å²) in [6, 6.07) is 11.4. The molecule has 9 heteroatoms. The van der Waals surface area contributed by atoms with Gasteiger partial charge in [0, 0.05) is 21.7 Å². The van der Waals surface area contributed by atoms with E-state index in [2.05, 4.69) is 15.9 Å². The number of nitrogens with zero attached hydrogens (tertiary/aromatic N) is 2. The summed E-state index contributed by atoms with van der Waals surface area (Å²) in [6.45, 7) is -0.158. The molecule has 0 atom stereocenters. The van der Waals surface area contributed by atoms with Gasteiger partial charge in [-0.05, 0) is 36.0 Å². The largest absolute Gasteiger partial charge is 0.496 e. The molecule has 0 spiro atoms. The SMILES string of the molecule is COc1ccc(Br)cc1/C=C1\SC(=O)N(Cc2ccccc2[N+](=O)[O-])C1=O. The van der Waals surface area contributed by atoms with E-state index in [9.17, 15) is 19.7 Å². The van der Waals surface area contributed by atoms with Crippen molar-refractivity contribution in [1.29, 1.82) is 0 Å². The van der Waals surface area contributed by atoms with Crippen LogP contribution in [0.2, 0.25) is 0 Å². The number of methoxy groups -OCH3 is 1. The third kappa shape index (κ3) is 4.04. The lowest BCUT2D eigenvalue weighted by molar-refractivity contribution is -0.385. The van der Waals surface area contributed by atoms with Gasteiger partial charge in [0.1, 0.15) is 5.75 Å². The van der Waals surface area contributed by atoms with Crippen LogP contribution in [0.4, 0.5) is 10.5 Å². The van der Waals surface area contributed by atoms with E-state index in [0.29, 0.717) is 16.9 Å². The van der Waals surface area contributed by atoms with Crippen molar-refractivity contribution in [2.45, 2.75) is 6.54 Å². The zero-order chi connectivity index (χ0) is 19.6. The first kappa shape index (κ1) is 19.1. The number of amides is 2. The third-order valence-electron chi connectivity index (χ3n) is 3.87. The Bertz CT molecular complexity index is 976. The molecule has 1 saturated heterocycles. The van der Waals surface area contributed by atoms with Gasteiger partial charge in [-0.3, -0.25) is 24.6 Å². The maximum absolute atomic E-state index is 12.7. The van der Waals surface area contributed by atoms with Crippen LogP contribution in [-0.2, 0) is 11.3 Å². The summed E-state index contributed by atoms with van der Waals surface area (Å²) >= 11 is 4.15. The van der Waals surface area contributed by atoms with E-state index in [1.165, 1.54) is 25.3 Å². The minimum atomic E-state index is -0.531. The second-order valence-electron chi connectivity index (χ2n) is 5.54. The van der Waals surface area contributed by atoms with Gasteiger partial charge in [0.2, 0.25) is 0 Å². The maximum Gasteiger partial charge on any atom is 0.293 e. The predicted octanol–water partition coefficient (Wildman–Crippen LogP) is 4.60. The molecule has 2 aromatic rings. The third-order valence-corrected chi connectivity index (χ3v) is 5.27. The van der Waals surface area contributed by atoms with E-state index in [4.69, 9.17) is 4.74 Å². The van der Waals surface area contributed by atoms with Crippen LogP contribution in [0.3, 0.4) is 0 Å². The van der Waals surface area contributed by atoms with Crippen molar-refractivity contribution in [3.05, 3.63) is 73.1 Å². The molecule has 1 heterocycles. The first-order chi connectivity index (χ1) is 12.9. The number of carbonyl (C=O) groups is 2. The van der Waals surface area contributed by atoms with E-state index >= 15 is 0 Å². The Labute approximate surface area is 167 Å². The molecule has 2 amide bonds. The molecule has 0 aromatic heterocycles. The number of hydrogen-bond acceptors (Lipinski definition) is 6. The second-order valence-corrected chi connectivity index (χ2v) is 7.45. The number of thioether (sulfide) groups is 1. The van der Waals surface area contributed by atoms with Gasteiger partial charge >= 0.3 is 0 Å². The predicted molar refractivity (Wildman–Crippen MR) is 105 cm³/mol. The Hall–Kier alpha value is -2.65. The number of rotatable bonds is 5. The normalized spacial score (nSPS) is 15.5. The number of para-hydroxylation sites is 1. The van der Waals surface area contributed by atoms with E-state index in [0.717, 1.165) is 21.1 Å². The van der Waals surface area contributed by atoms with Crippen molar-refractivity contribution in [2.24, 2.45) is 0 Å². The Kier molecular flexibility index (Phi) is 5.62. The lowest BCUT2D eigenvalue weighted by Gasteiger charge is -2.12. The van der Waals surface area contributed by atoms with Crippen molar-refractivity contribution >= 4 is 50.6 Å². The highest BCUT2D eigenvalue weighted by Crippen LogP contribution is 2.36. The Balaban J connectivity index is 1.90. The second kappa shape index (κ2) is 7.93. The van der Waals surface area contributed by atoms with Crippen molar-refractivity contribution in [2.75, 3.05) is 7.11 Å². The first-order valence-electron chi connectivity index (χ1n) is 7.72. The van der Waals surface area contributed by atoms with Gasteiger partial charge in [-0.25, -0.2) is 0 Å². The van der Waals surface area contributed by atoms with E-state index < -0.39 is 16.1 Å². The van der Waals surface area contributed by atoms with Crippen molar-refractivity contribution in [3.8, 4) is 5.75 Å². The molecule has 1 aliphatic heterocycles. The van der Waals surface area contributed by atoms with Crippen molar-refractivity contribution in [1.82, 2.24) is 4.90 Å². The van der Waals surface area contributed by atoms with Gasteiger partial charge in [0.15, 0.2) is 0 Å². The van der Waals surface area contributed by atoms with Gasteiger partial charge in [-0.1, -0.05) is 34.1 Å². The zero-order valence-corrected chi connectivity index (χ0v) is 16.5. The molecule has 1 fully saturated rings. The molecule has 0 radical (unpaired) electrons. The molecule has 1 aliphatic rings. The number of carbonyl (C=O) groups excluding carboxylic acids is 2. The molecule has 27 heavy (non-hydrogen) atoms. The minimum Gasteiger partial charge on any atom is -0.496 e. The van der Waals surface area contributed by atoms with Crippen LogP contribution in [0.1, 0.15) is 11.1 Å². The lowest BCUT2D eigenvalue weighted by atomic mass is 10.1. The highest BCUT2D eigenvalue weighted by atomic mass is 79.9. The molecular weight excluding hydrogens is 436 g/mol. The number of benzene rings is 2. The standard InChI is InChI=1S/C18H13BrN2O5S/c1-26-15-7-6-13(19)8-12(15)9-16-17(22)20(18(23)27-16)10-11-4-2-3-5-14(11)21(24)25/h2-9H,10H2,1H3/b16-9-. The summed E-state index contributed by atoms with van der Waals surface area (Å²) in [5, 5.41) is 10.7. The van der Waals surface area contributed by atoms with E-state index in [-0.39, 0.29) is 17.1 Å². The van der Waals surface area contributed by atoms with Crippen LogP contribution in [0, 0.1) is 10.1 Å². The monoisotopic (exact) mass is 448 g/mol. The van der Waals surface area contributed by atoms with Crippen LogP contribution in [-0.4, -0.2) is 28.1 Å². The van der Waals surface area contributed by atoms with Crippen LogP contribution in [0.15, 0.2) is 51.8 Å². The minimum absolute atomic E-state index is 0.130. The maximum atomic E-state index is 12.7. The van der Waals surface area contributed by atoms with Gasteiger partial charge in [-0.2, -0.15) is 0 Å². The molecule has 2 aromatic carbocycles. The highest BCUT2D eigenvalue weighted by molar-refractivity contribution is 9.10. The average Bonchev–Trinajstić information content (AvgIpc) is 2.90. The molecule has 138 valence electrons. The molecular formula is C18H13BrN2O5S. The van der Waals surface area contributed by atoms with Gasteiger partial charge in [0.25, 0.3) is 16.8 Å². The van der Waals surface area contributed by atoms with Crippen molar-refractivity contribution < 1.29 is 19.2 Å². The van der Waals surface area contributed by atoms with Gasteiger partial charge in [0.05, 0.1) is 23.5 Å². The van der Waals surface area contributed by atoms with Gasteiger partial charge < -0.3 is 4.74 Å². The summed E-state index contributed by atoms with van der Waals surface area (Å²) in [5.74, 6) is 0.0638. The molecule has 7 nitrogen and oxygen atoms in total. The molecule has 3 rings (SSSR count). The number of imide groups is 1. The van der Waals surface area contributed by atoms with Crippen LogP contribution >= 0.6 is 27.7 Å². The van der Waals surface area contributed by atoms with Gasteiger partial charge in [-0.15, -0.1) is 0 Å². The zero-order valence-electron chi connectivity index (χ0n) is 14.0. The number of hydrogen-bond donors (Lipinski definition) is 0. The fourth-order valence-electron chi connectivity index (χ4n) is 2.59. The van der Waals surface area contributed by atoms with Crippen LogP contribution < -0.4 is 4.74 Å². The Morgan fingerprint density at radius 2 is 2.00 bits per heavy atom. The van der Waals surface area contributed by atoms with Crippen molar-refractivity contribution in [3.63, 3.8) is 0 Å². The summed E-state index contributed by atoms with van der Waals surface area (Å²) in [5.41, 5.74) is 0.809. The van der Waals surface area contributed by atoms with Crippen LogP contribution in [0.25, 0.3) is 6.08 Å². The molecule has 0 bridgehead atoms. The fourth-order valence-corrected chi connectivity index (χ4v) is 3.80. The number of ether oxygens (including phenoxy) is 1. The fraction of sp³-hybridized carbons (Fsp3) is 0.111. The quantitative estimate of drug-likeness (QED) is 0.377. The smallest absolute Gasteiger partial charge is 0.293 e. The number of nitro benzene ring substituents is 1.